The maximum Gasteiger partial charge on any atom is 0.416 e. The minimum absolute atomic E-state index is 0.153. The van der Waals surface area contributed by atoms with Crippen LogP contribution in [-0.4, -0.2) is 43.3 Å². The number of carboxylic acid groups (broad SMARTS) is 1. The van der Waals surface area contributed by atoms with Crippen LogP contribution in [0, 0.1) is 5.92 Å². The summed E-state index contributed by atoms with van der Waals surface area (Å²) >= 11 is 6.40. The summed E-state index contributed by atoms with van der Waals surface area (Å²) in [6.45, 7) is 0.675. The highest BCUT2D eigenvalue weighted by Gasteiger charge is 2.36. The Morgan fingerprint density at radius 3 is 2.52 bits per heavy atom. The van der Waals surface area contributed by atoms with Gasteiger partial charge < -0.3 is 14.6 Å². The van der Waals surface area contributed by atoms with E-state index in [2.05, 4.69) is 0 Å². The molecule has 1 saturated heterocycles. The van der Waals surface area contributed by atoms with Gasteiger partial charge in [-0.3, -0.25) is 9.69 Å². The van der Waals surface area contributed by atoms with Crippen molar-refractivity contribution in [3.63, 3.8) is 0 Å². The maximum atomic E-state index is 13.5. The van der Waals surface area contributed by atoms with Crippen molar-refractivity contribution in [2.45, 2.75) is 25.1 Å². The van der Waals surface area contributed by atoms with Gasteiger partial charge in [-0.2, -0.15) is 13.2 Å². The smallest absolute Gasteiger partial charge is 0.416 e. The summed E-state index contributed by atoms with van der Waals surface area (Å²) in [7, 11) is 2.95. The highest BCUT2D eigenvalue weighted by atomic mass is 35.5. The van der Waals surface area contributed by atoms with Gasteiger partial charge in [0.15, 0.2) is 0 Å². The predicted molar refractivity (Wildman–Crippen MR) is 110 cm³/mol. The fourth-order valence-corrected chi connectivity index (χ4v) is 4.21. The van der Waals surface area contributed by atoms with Crippen molar-refractivity contribution < 1.29 is 32.5 Å². The molecule has 0 aliphatic carbocycles. The van der Waals surface area contributed by atoms with Crippen LogP contribution in [0.1, 0.15) is 35.6 Å². The summed E-state index contributed by atoms with van der Waals surface area (Å²) in [5.41, 5.74) is -0.0475. The van der Waals surface area contributed by atoms with Crippen molar-refractivity contribution in [2.75, 3.05) is 27.3 Å². The van der Waals surface area contributed by atoms with E-state index in [1.807, 2.05) is 4.90 Å². The molecule has 2 aromatic carbocycles. The second kappa shape index (κ2) is 9.36. The molecule has 0 radical (unpaired) electrons. The van der Waals surface area contributed by atoms with Crippen molar-refractivity contribution in [3.05, 3.63) is 58.1 Å². The topological polar surface area (TPSA) is 59.0 Å². The van der Waals surface area contributed by atoms with Crippen LogP contribution in [0.25, 0.3) is 0 Å². The first-order chi connectivity index (χ1) is 14.7. The van der Waals surface area contributed by atoms with Crippen molar-refractivity contribution in [3.8, 4) is 11.5 Å². The average Bonchev–Trinajstić information content (AvgIpc) is 2.74. The zero-order valence-electron chi connectivity index (χ0n) is 17.1. The molecule has 0 aromatic heterocycles. The summed E-state index contributed by atoms with van der Waals surface area (Å²) in [4.78, 5) is 13.5. The molecule has 1 aliphatic rings. The molecule has 1 heterocycles. The number of hydrogen-bond acceptors (Lipinski definition) is 4. The molecule has 5 nitrogen and oxygen atoms in total. The first kappa shape index (κ1) is 23.2. The first-order valence-electron chi connectivity index (χ1n) is 9.71. The Morgan fingerprint density at radius 1 is 1.16 bits per heavy atom. The lowest BCUT2D eigenvalue weighted by Crippen LogP contribution is -2.41. The van der Waals surface area contributed by atoms with E-state index in [0.717, 1.165) is 12.1 Å². The van der Waals surface area contributed by atoms with E-state index in [1.54, 1.807) is 18.2 Å². The minimum atomic E-state index is -4.55. The Labute approximate surface area is 183 Å². The Morgan fingerprint density at radius 2 is 1.90 bits per heavy atom. The van der Waals surface area contributed by atoms with E-state index in [1.165, 1.54) is 20.3 Å². The zero-order valence-corrected chi connectivity index (χ0v) is 17.8. The lowest BCUT2D eigenvalue weighted by atomic mass is 9.90. The molecule has 168 valence electrons. The van der Waals surface area contributed by atoms with Gasteiger partial charge in [-0.15, -0.1) is 0 Å². The first-order valence-corrected chi connectivity index (χ1v) is 10.1. The van der Waals surface area contributed by atoms with Crippen molar-refractivity contribution in [2.24, 2.45) is 5.92 Å². The quantitative estimate of drug-likeness (QED) is 0.641. The van der Waals surface area contributed by atoms with Gasteiger partial charge in [-0.1, -0.05) is 11.6 Å². The molecule has 31 heavy (non-hydrogen) atoms. The van der Waals surface area contributed by atoms with Gasteiger partial charge in [-0.25, -0.2) is 0 Å². The van der Waals surface area contributed by atoms with E-state index >= 15 is 0 Å². The number of carboxylic acids is 1. The molecular formula is C22H23ClF3NO4. The molecule has 0 saturated carbocycles. The lowest BCUT2D eigenvalue weighted by Gasteiger charge is -2.38. The second-order valence-corrected chi connectivity index (χ2v) is 7.82. The van der Waals surface area contributed by atoms with Crippen LogP contribution in [-0.2, 0) is 11.0 Å². The number of carbonyl (C=O) groups is 1. The number of alkyl halides is 3. The van der Waals surface area contributed by atoms with Gasteiger partial charge in [0.05, 0.1) is 31.7 Å². The standard InChI is InChI=1S/C22H23ClF3NO4/c1-30-15-6-8-19(31-2)17(11-15)20(27-9-3-4-13(12-27)21(28)29)16-10-14(22(24,25)26)5-7-18(16)23/h5-8,10-11,13,20H,3-4,9,12H2,1-2H3,(H,28,29). The summed E-state index contributed by atoms with van der Waals surface area (Å²) in [6.07, 6.45) is -3.45. The van der Waals surface area contributed by atoms with Gasteiger partial charge in [-0.05, 0) is 61.3 Å². The number of methoxy groups -OCH3 is 2. The monoisotopic (exact) mass is 457 g/mol. The van der Waals surface area contributed by atoms with Crippen molar-refractivity contribution in [1.82, 2.24) is 4.90 Å². The highest BCUT2D eigenvalue weighted by molar-refractivity contribution is 6.31. The highest BCUT2D eigenvalue weighted by Crippen LogP contribution is 2.43. The van der Waals surface area contributed by atoms with E-state index in [9.17, 15) is 23.1 Å². The second-order valence-electron chi connectivity index (χ2n) is 7.42. The third kappa shape index (κ3) is 5.07. The number of halogens is 4. The predicted octanol–water partition coefficient (Wildman–Crippen LogP) is 5.26. The number of piperidine rings is 1. The Balaban J connectivity index is 2.20. The third-order valence-electron chi connectivity index (χ3n) is 5.52. The SMILES string of the molecule is COc1ccc(OC)c(C(c2cc(C(F)(F)F)ccc2Cl)N2CCCC(C(=O)O)C2)c1. The number of hydrogen-bond donors (Lipinski definition) is 1. The largest absolute Gasteiger partial charge is 0.497 e. The van der Waals surface area contributed by atoms with Gasteiger partial charge in [0.25, 0.3) is 0 Å². The Bertz CT molecular complexity index is 951. The molecule has 0 spiro atoms. The number of ether oxygens (including phenoxy) is 2. The molecule has 2 aromatic rings. The summed E-state index contributed by atoms with van der Waals surface area (Å²) in [5, 5.41) is 9.67. The maximum absolute atomic E-state index is 13.5. The number of nitrogens with zero attached hydrogens (tertiary/aromatic N) is 1. The van der Waals surface area contributed by atoms with Crippen LogP contribution < -0.4 is 9.47 Å². The van der Waals surface area contributed by atoms with Crippen LogP contribution >= 0.6 is 11.6 Å². The minimum Gasteiger partial charge on any atom is -0.497 e. The molecule has 0 amide bonds. The summed E-state index contributed by atoms with van der Waals surface area (Å²) < 4.78 is 51.2. The van der Waals surface area contributed by atoms with Crippen molar-refractivity contribution >= 4 is 17.6 Å². The van der Waals surface area contributed by atoms with Crippen LogP contribution in [0.3, 0.4) is 0 Å². The fourth-order valence-electron chi connectivity index (χ4n) is 3.99. The Hall–Kier alpha value is -2.45. The molecule has 2 unspecified atom stereocenters. The molecule has 1 N–H and O–H groups in total. The molecule has 9 heteroatoms. The summed E-state index contributed by atoms with van der Waals surface area (Å²) in [5.74, 6) is -0.624. The fraction of sp³-hybridized carbons (Fsp3) is 0.409. The number of benzene rings is 2. The molecule has 0 bridgehead atoms. The van der Waals surface area contributed by atoms with E-state index in [-0.39, 0.29) is 17.1 Å². The summed E-state index contributed by atoms with van der Waals surface area (Å²) in [6, 6.07) is 7.47. The van der Waals surface area contributed by atoms with Crippen LogP contribution in [0.15, 0.2) is 36.4 Å². The Kier molecular flexibility index (Phi) is 7.01. The molecule has 1 fully saturated rings. The van der Waals surface area contributed by atoms with Crippen LogP contribution in [0.2, 0.25) is 5.02 Å². The zero-order chi connectivity index (χ0) is 22.8. The molecular weight excluding hydrogens is 435 g/mol. The normalized spacial score (nSPS) is 18.5. The van der Waals surface area contributed by atoms with E-state index < -0.39 is 29.7 Å². The lowest BCUT2D eigenvalue weighted by molar-refractivity contribution is -0.143. The third-order valence-corrected chi connectivity index (χ3v) is 5.86. The number of likely N-dealkylation sites (tertiary alicyclic amines) is 1. The van der Waals surface area contributed by atoms with Crippen LogP contribution in [0.4, 0.5) is 13.2 Å². The van der Waals surface area contributed by atoms with Gasteiger partial charge >= 0.3 is 12.1 Å². The van der Waals surface area contributed by atoms with Gasteiger partial charge in [0.2, 0.25) is 0 Å². The van der Waals surface area contributed by atoms with Crippen LogP contribution in [0.5, 0.6) is 11.5 Å². The molecule has 2 atom stereocenters. The number of rotatable bonds is 6. The van der Waals surface area contributed by atoms with Gasteiger partial charge in [0.1, 0.15) is 11.5 Å². The van der Waals surface area contributed by atoms with Gasteiger partial charge in [0, 0.05) is 17.1 Å². The van der Waals surface area contributed by atoms with E-state index in [0.29, 0.717) is 36.4 Å². The molecule has 1 aliphatic heterocycles. The molecule has 3 rings (SSSR count). The number of aliphatic carboxylic acids is 1. The van der Waals surface area contributed by atoms with Crippen molar-refractivity contribution in [1.29, 1.82) is 0 Å². The average molecular weight is 458 g/mol. The van der Waals surface area contributed by atoms with E-state index in [4.69, 9.17) is 21.1 Å².